The Kier molecular flexibility index (Phi) is 3.64. The van der Waals surface area contributed by atoms with Crippen molar-refractivity contribution in [2.75, 3.05) is 0 Å². The van der Waals surface area contributed by atoms with Crippen molar-refractivity contribution < 1.29 is 0 Å². The van der Waals surface area contributed by atoms with E-state index in [-0.39, 0.29) is 6.17 Å². The number of benzene rings is 2. The third-order valence-electron chi connectivity index (χ3n) is 3.41. The molecule has 0 fully saturated rings. The molecule has 3 rings (SSSR count). The summed E-state index contributed by atoms with van der Waals surface area (Å²) in [6.07, 6.45) is 4.22. The summed E-state index contributed by atoms with van der Waals surface area (Å²) in [5.41, 5.74) is 3.71. The Morgan fingerprint density at radius 3 is 2.30 bits per heavy atom. The topological polar surface area (TPSA) is 15.6 Å². The summed E-state index contributed by atoms with van der Waals surface area (Å²) in [4.78, 5) is 6.98. The average molecular weight is 262 g/mol. The molecule has 1 unspecified atom stereocenters. The van der Waals surface area contributed by atoms with Crippen molar-refractivity contribution in [2.45, 2.75) is 19.6 Å². The Morgan fingerprint density at radius 2 is 1.60 bits per heavy atom. The Labute approximate surface area is 120 Å². The van der Waals surface area contributed by atoms with Crippen LogP contribution in [0.2, 0.25) is 0 Å². The molecule has 0 bridgehead atoms. The van der Waals surface area contributed by atoms with Gasteiger partial charge in [0.1, 0.15) is 6.17 Å². The Balaban J connectivity index is 1.87. The minimum atomic E-state index is 0.0695. The lowest BCUT2D eigenvalue weighted by Gasteiger charge is -2.31. The van der Waals surface area contributed by atoms with Crippen LogP contribution in [0.3, 0.4) is 0 Å². The minimum absolute atomic E-state index is 0.0695. The maximum absolute atomic E-state index is 4.69. The molecule has 1 aliphatic rings. The lowest BCUT2D eigenvalue weighted by Crippen LogP contribution is -2.25. The molecule has 0 saturated heterocycles. The molecule has 0 N–H and O–H groups in total. The van der Waals surface area contributed by atoms with E-state index in [2.05, 4.69) is 66.6 Å². The van der Waals surface area contributed by atoms with Crippen molar-refractivity contribution in [2.24, 2.45) is 4.99 Å². The fourth-order valence-electron chi connectivity index (χ4n) is 2.47. The summed E-state index contributed by atoms with van der Waals surface area (Å²) in [5, 5.41) is 0. The van der Waals surface area contributed by atoms with Crippen molar-refractivity contribution in [1.29, 1.82) is 0 Å². The molecule has 2 heteroatoms. The van der Waals surface area contributed by atoms with Crippen LogP contribution in [-0.2, 0) is 6.54 Å². The molecule has 2 aromatic carbocycles. The van der Waals surface area contributed by atoms with Crippen LogP contribution >= 0.6 is 0 Å². The van der Waals surface area contributed by atoms with Crippen molar-refractivity contribution in [3.63, 3.8) is 0 Å². The second-order valence-electron chi connectivity index (χ2n) is 5.09. The SMILES string of the molecule is CC1=CN(Cc2ccccc2)C(c2ccccc2)N=C1. The smallest absolute Gasteiger partial charge is 0.146 e. The zero-order valence-electron chi connectivity index (χ0n) is 11.6. The predicted octanol–water partition coefficient (Wildman–Crippen LogP) is 4.18. The molecular weight excluding hydrogens is 244 g/mol. The summed E-state index contributed by atoms with van der Waals surface area (Å²) in [5.74, 6) is 0. The van der Waals surface area contributed by atoms with Crippen molar-refractivity contribution in [1.82, 2.24) is 4.90 Å². The molecule has 100 valence electrons. The van der Waals surface area contributed by atoms with E-state index < -0.39 is 0 Å². The molecule has 1 heterocycles. The molecule has 2 nitrogen and oxygen atoms in total. The normalized spacial score (nSPS) is 17.9. The molecular formula is C18H18N2. The molecule has 0 saturated carbocycles. The van der Waals surface area contributed by atoms with E-state index in [1.807, 2.05) is 18.3 Å². The first-order valence-electron chi connectivity index (χ1n) is 6.89. The Bertz CT molecular complexity index is 614. The summed E-state index contributed by atoms with van der Waals surface area (Å²) in [6.45, 7) is 2.96. The van der Waals surface area contributed by atoms with Crippen molar-refractivity contribution in [3.8, 4) is 0 Å². The number of hydrogen-bond donors (Lipinski definition) is 0. The van der Waals surface area contributed by atoms with Crippen LogP contribution in [0.15, 0.2) is 77.4 Å². The van der Waals surface area contributed by atoms with Gasteiger partial charge in [0.2, 0.25) is 0 Å². The van der Waals surface area contributed by atoms with Gasteiger partial charge in [0.25, 0.3) is 0 Å². The Hall–Kier alpha value is -2.35. The van der Waals surface area contributed by atoms with Gasteiger partial charge in [-0.05, 0) is 23.6 Å². The lowest BCUT2D eigenvalue weighted by atomic mass is 10.1. The zero-order chi connectivity index (χ0) is 13.8. The number of nitrogens with zero attached hydrogens (tertiary/aromatic N) is 2. The van der Waals surface area contributed by atoms with Gasteiger partial charge >= 0.3 is 0 Å². The maximum atomic E-state index is 4.69. The average Bonchev–Trinajstić information content (AvgIpc) is 2.49. The van der Waals surface area contributed by atoms with E-state index in [0.29, 0.717) is 0 Å². The first-order chi connectivity index (χ1) is 9.83. The number of rotatable bonds is 3. The monoisotopic (exact) mass is 262 g/mol. The molecule has 0 spiro atoms. The van der Waals surface area contributed by atoms with E-state index in [1.54, 1.807) is 0 Å². The minimum Gasteiger partial charge on any atom is -0.348 e. The van der Waals surface area contributed by atoms with Crippen LogP contribution < -0.4 is 0 Å². The first kappa shape index (κ1) is 12.7. The number of allylic oxidation sites excluding steroid dienone is 1. The molecule has 1 atom stereocenters. The van der Waals surface area contributed by atoms with E-state index in [9.17, 15) is 0 Å². The summed E-state index contributed by atoms with van der Waals surface area (Å²) in [7, 11) is 0. The van der Waals surface area contributed by atoms with E-state index in [1.165, 1.54) is 16.7 Å². The van der Waals surface area contributed by atoms with Crippen molar-refractivity contribution >= 4 is 6.21 Å². The number of aliphatic imine (C=N–C) groups is 1. The molecule has 20 heavy (non-hydrogen) atoms. The standard InChI is InChI=1S/C18H18N2/c1-15-12-19-18(17-10-6-3-7-11-17)20(13-15)14-16-8-4-2-5-9-16/h2-13,18H,14H2,1H3. The summed E-state index contributed by atoms with van der Waals surface area (Å²) in [6, 6.07) is 21.0. The highest BCUT2D eigenvalue weighted by atomic mass is 15.2. The van der Waals surface area contributed by atoms with Gasteiger partial charge in [-0.25, -0.2) is 0 Å². The quantitative estimate of drug-likeness (QED) is 0.810. The van der Waals surface area contributed by atoms with Gasteiger partial charge in [-0.3, -0.25) is 4.99 Å². The molecule has 0 radical (unpaired) electrons. The van der Waals surface area contributed by atoms with Gasteiger partial charge in [-0.15, -0.1) is 0 Å². The molecule has 2 aromatic rings. The highest BCUT2D eigenvalue weighted by Gasteiger charge is 2.19. The third kappa shape index (κ3) is 2.80. The molecule has 1 aliphatic heterocycles. The van der Waals surface area contributed by atoms with Crippen LogP contribution in [-0.4, -0.2) is 11.1 Å². The van der Waals surface area contributed by atoms with Gasteiger partial charge in [0.05, 0.1) is 0 Å². The van der Waals surface area contributed by atoms with Crippen LogP contribution in [0.4, 0.5) is 0 Å². The van der Waals surface area contributed by atoms with Gasteiger partial charge in [0.15, 0.2) is 0 Å². The van der Waals surface area contributed by atoms with Crippen LogP contribution in [0.5, 0.6) is 0 Å². The number of hydrogen-bond acceptors (Lipinski definition) is 2. The fourth-order valence-corrected chi connectivity index (χ4v) is 2.47. The zero-order valence-corrected chi connectivity index (χ0v) is 11.6. The van der Waals surface area contributed by atoms with Gasteiger partial charge in [-0.1, -0.05) is 60.7 Å². The van der Waals surface area contributed by atoms with Crippen LogP contribution in [0.25, 0.3) is 0 Å². The maximum Gasteiger partial charge on any atom is 0.146 e. The second-order valence-corrected chi connectivity index (χ2v) is 5.09. The van der Waals surface area contributed by atoms with Gasteiger partial charge in [0, 0.05) is 19.0 Å². The first-order valence-corrected chi connectivity index (χ1v) is 6.89. The van der Waals surface area contributed by atoms with Gasteiger partial charge in [-0.2, -0.15) is 0 Å². The lowest BCUT2D eigenvalue weighted by molar-refractivity contribution is 0.275. The third-order valence-corrected chi connectivity index (χ3v) is 3.41. The van der Waals surface area contributed by atoms with E-state index in [0.717, 1.165) is 6.54 Å². The fraction of sp³-hybridized carbons (Fsp3) is 0.167. The molecule has 0 amide bonds. The summed E-state index contributed by atoms with van der Waals surface area (Å²) >= 11 is 0. The largest absolute Gasteiger partial charge is 0.348 e. The van der Waals surface area contributed by atoms with Crippen LogP contribution in [0, 0.1) is 0 Å². The van der Waals surface area contributed by atoms with Crippen LogP contribution in [0.1, 0.15) is 24.2 Å². The predicted molar refractivity (Wildman–Crippen MR) is 83.4 cm³/mol. The molecule has 0 aliphatic carbocycles. The highest BCUT2D eigenvalue weighted by Crippen LogP contribution is 2.27. The van der Waals surface area contributed by atoms with Crippen molar-refractivity contribution in [3.05, 3.63) is 83.6 Å². The molecule has 0 aromatic heterocycles. The summed E-state index contributed by atoms with van der Waals surface area (Å²) < 4.78 is 0. The highest BCUT2D eigenvalue weighted by molar-refractivity contribution is 5.78. The van der Waals surface area contributed by atoms with Gasteiger partial charge < -0.3 is 4.90 Å². The Morgan fingerprint density at radius 1 is 0.950 bits per heavy atom. The van der Waals surface area contributed by atoms with E-state index >= 15 is 0 Å². The van der Waals surface area contributed by atoms with E-state index in [4.69, 9.17) is 4.99 Å². The second kappa shape index (κ2) is 5.74.